The molecule has 0 spiro atoms. The van der Waals surface area contributed by atoms with Crippen LogP contribution >= 0.6 is 0 Å². The molecule has 0 saturated carbocycles. The number of carbonyl (C=O) groups is 2. The lowest BCUT2D eigenvalue weighted by molar-refractivity contribution is -0.387. The van der Waals surface area contributed by atoms with Gasteiger partial charge >= 0.3 is 17.6 Å². The number of rotatable bonds is 4. The second kappa shape index (κ2) is 6.71. The number of hydrogen-bond donors (Lipinski definition) is 2. The van der Waals surface area contributed by atoms with Gasteiger partial charge in [0.2, 0.25) is 5.82 Å². The van der Waals surface area contributed by atoms with Gasteiger partial charge in [-0.15, -0.1) is 0 Å². The molecule has 25 heavy (non-hydrogen) atoms. The summed E-state index contributed by atoms with van der Waals surface area (Å²) in [6.45, 7) is 2.97. The van der Waals surface area contributed by atoms with E-state index in [1.165, 1.54) is 26.0 Å². The van der Waals surface area contributed by atoms with Crippen LogP contribution in [0.2, 0.25) is 0 Å². The van der Waals surface area contributed by atoms with Gasteiger partial charge in [0.1, 0.15) is 0 Å². The van der Waals surface area contributed by atoms with E-state index in [1.807, 2.05) is 0 Å². The quantitative estimate of drug-likeness (QED) is 0.485. The summed E-state index contributed by atoms with van der Waals surface area (Å²) < 4.78 is 19.4. The lowest BCUT2D eigenvalue weighted by atomic mass is 9.80. The molecule has 2 N–H and O–H groups in total. The van der Waals surface area contributed by atoms with Crippen molar-refractivity contribution in [2.24, 2.45) is 0 Å². The van der Waals surface area contributed by atoms with Crippen molar-refractivity contribution in [3.8, 4) is 0 Å². The lowest BCUT2D eigenvalue weighted by Gasteiger charge is -2.29. The SMILES string of the molecule is COC(=O)C1=C(C)NC(C)=C(C(=O)O)C1c1cccc([N+](=O)[O-])c1F. The highest BCUT2D eigenvalue weighted by atomic mass is 19.1. The van der Waals surface area contributed by atoms with Gasteiger partial charge in [0.05, 0.1) is 29.1 Å². The van der Waals surface area contributed by atoms with E-state index in [-0.39, 0.29) is 28.1 Å². The van der Waals surface area contributed by atoms with Gasteiger partial charge in [-0.2, -0.15) is 4.39 Å². The highest BCUT2D eigenvalue weighted by Crippen LogP contribution is 2.41. The number of carboxylic acid groups (broad SMARTS) is 1. The van der Waals surface area contributed by atoms with E-state index in [0.29, 0.717) is 0 Å². The number of dihydropyridines is 1. The third-order valence-corrected chi connectivity index (χ3v) is 3.91. The van der Waals surface area contributed by atoms with Crippen molar-refractivity contribution in [2.45, 2.75) is 19.8 Å². The Morgan fingerprint density at radius 3 is 2.40 bits per heavy atom. The fourth-order valence-electron chi connectivity index (χ4n) is 2.87. The van der Waals surface area contributed by atoms with Crippen LogP contribution in [0, 0.1) is 15.9 Å². The van der Waals surface area contributed by atoms with Crippen molar-refractivity contribution in [1.29, 1.82) is 0 Å². The Labute approximate surface area is 141 Å². The van der Waals surface area contributed by atoms with E-state index in [9.17, 15) is 29.2 Å². The predicted octanol–water partition coefficient (Wildman–Crippen LogP) is 2.23. The second-order valence-electron chi connectivity index (χ2n) is 5.37. The van der Waals surface area contributed by atoms with E-state index in [1.54, 1.807) is 0 Å². The Balaban J connectivity index is 2.81. The van der Waals surface area contributed by atoms with Crippen LogP contribution in [-0.2, 0) is 14.3 Å². The maximum absolute atomic E-state index is 14.7. The number of nitro groups is 1. The number of benzene rings is 1. The molecule has 8 nitrogen and oxygen atoms in total. The minimum absolute atomic E-state index is 0.120. The number of nitrogens with one attached hydrogen (secondary N) is 1. The monoisotopic (exact) mass is 350 g/mol. The van der Waals surface area contributed by atoms with E-state index in [0.717, 1.165) is 13.2 Å². The molecule has 0 bridgehead atoms. The molecule has 132 valence electrons. The Morgan fingerprint density at radius 2 is 1.88 bits per heavy atom. The summed E-state index contributed by atoms with van der Waals surface area (Å²) >= 11 is 0. The Morgan fingerprint density at radius 1 is 1.28 bits per heavy atom. The number of hydrogen-bond acceptors (Lipinski definition) is 6. The van der Waals surface area contributed by atoms with Gasteiger partial charge in [-0.25, -0.2) is 9.59 Å². The van der Waals surface area contributed by atoms with Crippen LogP contribution in [0.1, 0.15) is 25.3 Å². The van der Waals surface area contributed by atoms with Crippen molar-refractivity contribution >= 4 is 17.6 Å². The van der Waals surface area contributed by atoms with Crippen LogP contribution in [0.4, 0.5) is 10.1 Å². The fourth-order valence-corrected chi connectivity index (χ4v) is 2.87. The zero-order valence-electron chi connectivity index (χ0n) is 13.6. The van der Waals surface area contributed by atoms with Crippen LogP contribution in [0.3, 0.4) is 0 Å². The summed E-state index contributed by atoms with van der Waals surface area (Å²) in [4.78, 5) is 34.0. The molecule has 1 aliphatic heterocycles. The Kier molecular flexibility index (Phi) is 4.87. The fraction of sp³-hybridized carbons (Fsp3) is 0.250. The molecule has 0 aliphatic carbocycles. The second-order valence-corrected chi connectivity index (χ2v) is 5.37. The topological polar surface area (TPSA) is 119 Å². The molecule has 9 heteroatoms. The number of nitro benzene ring substituents is 1. The molecule has 0 fully saturated rings. The molecule has 1 aliphatic rings. The van der Waals surface area contributed by atoms with Crippen molar-refractivity contribution in [3.05, 3.63) is 62.2 Å². The molecule has 1 atom stereocenters. The van der Waals surface area contributed by atoms with Gasteiger partial charge < -0.3 is 15.2 Å². The normalized spacial score (nSPS) is 17.2. The number of halogens is 1. The summed E-state index contributed by atoms with van der Waals surface area (Å²) in [5.41, 5.74) is -1.01. The van der Waals surface area contributed by atoms with Crippen LogP contribution in [0.25, 0.3) is 0 Å². The first-order valence-electron chi connectivity index (χ1n) is 7.13. The number of nitrogens with zero attached hydrogens (tertiary/aromatic N) is 1. The number of esters is 1. The zero-order chi connectivity index (χ0) is 18.9. The maximum Gasteiger partial charge on any atom is 0.336 e. The Hall–Kier alpha value is -3.23. The van der Waals surface area contributed by atoms with E-state index >= 15 is 0 Å². The minimum Gasteiger partial charge on any atom is -0.478 e. The predicted molar refractivity (Wildman–Crippen MR) is 84.0 cm³/mol. The van der Waals surface area contributed by atoms with E-state index < -0.39 is 34.3 Å². The van der Waals surface area contributed by atoms with Crippen LogP contribution in [0.15, 0.2) is 40.7 Å². The summed E-state index contributed by atoms with van der Waals surface area (Å²) in [5, 5.41) is 23.3. The smallest absolute Gasteiger partial charge is 0.336 e. The minimum atomic E-state index is -1.38. The van der Waals surface area contributed by atoms with Gasteiger partial charge in [0, 0.05) is 23.0 Å². The maximum atomic E-state index is 14.7. The summed E-state index contributed by atoms with van der Waals surface area (Å²) in [7, 11) is 1.11. The molecule has 0 saturated heterocycles. The lowest BCUT2D eigenvalue weighted by Crippen LogP contribution is -2.32. The molecule has 1 aromatic carbocycles. The number of carbonyl (C=O) groups excluding carboxylic acids is 1. The standard InChI is InChI=1S/C16H15FN2O6/c1-7-11(15(20)21)13(12(8(2)18-7)16(22)25-3)9-5-4-6-10(14(9)17)19(23)24/h4-6,13,18H,1-3H3,(H,20,21). The molecular weight excluding hydrogens is 335 g/mol. The van der Waals surface area contributed by atoms with Crippen LogP contribution < -0.4 is 5.32 Å². The van der Waals surface area contributed by atoms with Crippen molar-refractivity contribution < 1.29 is 28.7 Å². The van der Waals surface area contributed by atoms with Crippen LogP contribution in [-0.4, -0.2) is 29.1 Å². The number of methoxy groups -OCH3 is 1. The molecule has 2 rings (SSSR count). The molecule has 1 heterocycles. The number of ether oxygens (including phenoxy) is 1. The first-order chi connectivity index (χ1) is 11.7. The first kappa shape index (κ1) is 18.1. The zero-order valence-corrected chi connectivity index (χ0v) is 13.6. The summed E-state index contributed by atoms with van der Waals surface area (Å²) in [6, 6.07) is 3.41. The van der Waals surface area contributed by atoms with Crippen LogP contribution in [0.5, 0.6) is 0 Å². The third-order valence-electron chi connectivity index (χ3n) is 3.91. The molecule has 1 unspecified atom stereocenters. The molecule has 0 aromatic heterocycles. The first-order valence-corrected chi connectivity index (χ1v) is 7.13. The molecule has 0 amide bonds. The number of aliphatic carboxylic acids is 1. The molecule has 0 radical (unpaired) electrons. The highest BCUT2D eigenvalue weighted by molar-refractivity contribution is 5.99. The van der Waals surface area contributed by atoms with Gasteiger partial charge in [-0.05, 0) is 13.8 Å². The number of allylic oxidation sites excluding steroid dienone is 2. The van der Waals surface area contributed by atoms with Gasteiger partial charge in [-0.3, -0.25) is 10.1 Å². The Bertz CT molecular complexity index is 843. The van der Waals surface area contributed by atoms with Crippen molar-refractivity contribution in [1.82, 2.24) is 5.32 Å². The van der Waals surface area contributed by atoms with Gasteiger partial charge in [-0.1, -0.05) is 12.1 Å². The van der Waals surface area contributed by atoms with E-state index in [2.05, 4.69) is 10.1 Å². The van der Waals surface area contributed by atoms with E-state index in [4.69, 9.17) is 0 Å². The van der Waals surface area contributed by atoms with Crippen molar-refractivity contribution in [3.63, 3.8) is 0 Å². The largest absolute Gasteiger partial charge is 0.478 e. The molecular formula is C16H15FN2O6. The summed E-state index contributed by atoms with van der Waals surface area (Å²) in [6.07, 6.45) is 0. The third kappa shape index (κ3) is 3.08. The summed E-state index contributed by atoms with van der Waals surface area (Å²) in [5.74, 6) is -4.77. The van der Waals surface area contributed by atoms with Gasteiger partial charge in [0.25, 0.3) is 0 Å². The number of carboxylic acids is 1. The van der Waals surface area contributed by atoms with Crippen molar-refractivity contribution in [2.75, 3.05) is 7.11 Å². The highest BCUT2D eigenvalue weighted by Gasteiger charge is 2.39. The average molecular weight is 350 g/mol. The van der Waals surface area contributed by atoms with Gasteiger partial charge in [0.15, 0.2) is 0 Å². The molecule has 1 aromatic rings. The average Bonchev–Trinajstić information content (AvgIpc) is 2.53.